The molecule has 0 saturated heterocycles. The zero-order valence-corrected chi connectivity index (χ0v) is 11.4. The van der Waals surface area contributed by atoms with E-state index >= 15 is 0 Å². The summed E-state index contributed by atoms with van der Waals surface area (Å²) in [5.41, 5.74) is 4.52. The van der Waals surface area contributed by atoms with Crippen molar-refractivity contribution < 1.29 is 0 Å². The molecule has 94 valence electrons. The van der Waals surface area contributed by atoms with E-state index in [0.717, 1.165) is 17.2 Å². The van der Waals surface area contributed by atoms with Crippen molar-refractivity contribution in [3.05, 3.63) is 53.0 Å². The number of hydrogen-bond donors (Lipinski definition) is 1. The lowest BCUT2D eigenvalue weighted by Gasteiger charge is -2.17. The summed E-state index contributed by atoms with van der Waals surface area (Å²) >= 11 is 0. The summed E-state index contributed by atoms with van der Waals surface area (Å²) in [4.78, 5) is 8.82. The van der Waals surface area contributed by atoms with Gasteiger partial charge in [0, 0.05) is 0 Å². The van der Waals surface area contributed by atoms with Gasteiger partial charge in [-0.05, 0) is 38.8 Å². The smallest absolute Gasteiger partial charge is 0.145 e. The quantitative estimate of drug-likeness (QED) is 0.892. The van der Waals surface area contributed by atoms with E-state index in [1.807, 2.05) is 13.8 Å². The highest BCUT2D eigenvalue weighted by Gasteiger charge is 2.08. The van der Waals surface area contributed by atoms with Gasteiger partial charge in [0.15, 0.2) is 0 Å². The van der Waals surface area contributed by atoms with Crippen molar-refractivity contribution in [1.29, 1.82) is 0 Å². The highest BCUT2D eigenvalue weighted by Crippen LogP contribution is 2.20. The largest absolute Gasteiger partial charge is 0.362 e. The maximum absolute atomic E-state index is 4.49. The molecule has 0 spiro atoms. The van der Waals surface area contributed by atoms with E-state index < -0.39 is 0 Å². The van der Waals surface area contributed by atoms with Crippen molar-refractivity contribution in [2.75, 3.05) is 5.32 Å². The number of rotatable bonds is 3. The predicted octanol–water partition coefficient (Wildman–Crippen LogP) is 3.57. The van der Waals surface area contributed by atoms with Crippen LogP contribution in [-0.4, -0.2) is 9.97 Å². The van der Waals surface area contributed by atoms with E-state index in [0.29, 0.717) is 0 Å². The van der Waals surface area contributed by atoms with Gasteiger partial charge in [0.1, 0.15) is 5.82 Å². The predicted molar refractivity (Wildman–Crippen MR) is 74.7 cm³/mol. The normalized spacial score (nSPS) is 12.2. The average molecular weight is 241 g/mol. The fourth-order valence-corrected chi connectivity index (χ4v) is 1.98. The molecule has 3 nitrogen and oxygen atoms in total. The fraction of sp³-hybridized carbons (Fsp3) is 0.333. The van der Waals surface area contributed by atoms with Gasteiger partial charge >= 0.3 is 0 Å². The molecule has 18 heavy (non-hydrogen) atoms. The molecule has 1 aromatic heterocycles. The van der Waals surface area contributed by atoms with Crippen LogP contribution in [0, 0.1) is 20.8 Å². The standard InChI is InChI=1S/C15H19N3/c1-10-7-5-6-8-14(10)13(4)18-15-9-16-11(2)12(3)17-15/h5-9,13H,1-4H3,(H,17,18). The Kier molecular flexibility index (Phi) is 3.60. The molecule has 0 aliphatic heterocycles. The Hall–Kier alpha value is -1.90. The minimum Gasteiger partial charge on any atom is -0.362 e. The van der Waals surface area contributed by atoms with Gasteiger partial charge in [-0.2, -0.15) is 0 Å². The summed E-state index contributed by atoms with van der Waals surface area (Å²) in [7, 11) is 0. The Morgan fingerprint density at radius 1 is 1.06 bits per heavy atom. The molecular formula is C15H19N3. The lowest BCUT2D eigenvalue weighted by atomic mass is 10.0. The van der Waals surface area contributed by atoms with Crippen LogP contribution in [0.25, 0.3) is 0 Å². The Morgan fingerprint density at radius 3 is 2.44 bits per heavy atom. The Bertz CT molecular complexity index is 549. The van der Waals surface area contributed by atoms with E-state index in [1.54, 1.807) is 6.20 Å². The summed E-state index contributed by atoms with van der Waals surface area (Å²) in [6, 6.07) is 8.61. The second-order valence-corrected chi connectivity index (χ2v) is 4.65. The van der Waals surface area contributed by atoms with Crippen molar-refractivity contribution in [1.82, 2.24) is 9.97 Å². The fourth-order valence-electron chi connectivity index (χ4n) is 1.98. The molecule has 1 atom stereocenters. The van der Waals surface area contributed by atoms with Crippen LogP contribution in [-0.2, 0) is 0 Å². The van der Waals surface area contributed by atoms with Crippen LogP contribution in [0.2, 0.25) is 0 Å². The lowest BCUT2D eigenvalue weighted by molar-refractivity contribution is 0.856. The molecule has 0 aliphatic rings. The molecule has 0 saturated carbocycles. The summed E-state index contributed by atoms with van der Waals surface area (Å²) in [5.74, 6) is 0.828. The van der Waals surface area contributed by atoms with Gasteiger partial charge in [0.05, 0.1) is 23.6 Å². The number of aryl methyl sites for hydroxylation is 3. The first-order valence-electron chi connectivity index (χ1n) is 6.20. The minimum atomic E-state index is 0.225. The summed E-state index contributed by atoms with van der Waals surface area (Å²) in [6.07, 6.45) is 1.79. The highest BCUT2D eigenvalue weighted by atomic mass is 15.0. The lowest BCUT2D eigenvalue weighted by Crippen LogP contribution is -2.10. The molecule has 3 heteroatoms. The third kappa shape index (κ3) is 2.67. The van der Waals surface area contributed by atoms with Gasteiger partial charge in [-0.3, -0.25) is 4.98 Å². The van der Waals surface area contributed by atoms with Crippen molar-refractivity contribution in [2.24, 2.45) is 0 Å². The van der Waals surface area contributed by atoms with Crippen LogP contribution in [0.3, 0.4) is 0 Å². The van der Waals surface area contributed by atoms with Crippen LogP contribution >= 0.6 is 0 Å². The zero-order valence-electron chi connectivity index (χ0n) is 11.4. The SMILES string of the molecule is Cc1ccccc1C(C)Nc1cnc(C)c(C)n1. The van der Waals surface area contributed by atoms with E-state index in [4.69, 9.17) is 0 Å². The molecule has 0 aliphatic carbocycles. The third-order valence-corrected chi connectivity index (χ3v) is 3.21. The Balaban J connectivity index is 2.19. The summed E-state index contributed by atoms with van der Waals surface area (Å²) in [5, 5.41) is 3.39. The first-order valence-corrected chi connectivity index (χ1v) is 6.20. The number of nitrogens with one attached hydrogen (secondary N) is 1. The first kappa shape index (κ1) is 12.6. The molecule has 0 bridgehead atoms. The van der Waals surface area contributed by atoms with Gasteiger partial charge in [0.2, 0.25) is 0 Å². The molecular weight excluding hydrogens is 222 g/mol. The molecule has 0 radical (unpaired) electrons. The zero-order chi connectivity index (χ0) is 13.1. The minimum absolute atomic E-state index is 0.225. The molecule has 0 amide bonds. The van der Waals surface area contributed by atoms with E-state index in [2.05, 4.69) is 53.4 Å². The molecule has 1 N–H and O–H groups in total. The van der Waals surface area contributed by atoms with Gasteiger partial charge in [-0.15, -0.1) is 0 Å². The van der Waals surface area contributed by atoms with Crippen LogP contribution in [0.15, 0.2) is 30.5 Å². The van der Waals surface area contributed by atoms with Gasteiger partial charge in [0.25, 0.3) is 0 Å². The number of nitrogens with zero attached hydrogens (tertiary/aromatic N) is 2. The monoisotopic (exact) mass is 241 g/mol. The maximum atomic E-state index is 4.49. The highest BCUT2D eigenvalue weighted by molar-refractivity contribution is 5.39. The number of benzene rings is 1. The molecule has 1 unspecified atom stereocenters. The van der Waals surface area contributed by atoms with Crippen LogP contribution in [0.4, 0.5) is 5.82 Å². The van der Waals surface area contributed by atoms with Gasteiger partial charge in [-0.1, -0.05) is 24.3 Å². The number of hydrogen-bond acceptors (Lipinski definition) is 3. The molecule has 2 aromatic rings. The van der Waals surface area contributed by atoms with E-state index in [9.17, 15) is 0 Å². The van der Waals surface area contributed by atoms with Crippen molar-refractivity contribution in [3.8, 4) is 0 Å². The number of anilines is 1. The summed E-state index contributed by atoms with van der Waals surface area (Å²) in [6.45, 7) is 8.21. The average Bonchev–Trinajstić information content (AvgIpc) is 2.34. The summed E-state index contributed by atoms with van der Waals surface area (Å²) < 4.78 is 0. The van der Waals surface area contributed by atoms with Gasteiger partial charge < -0.3 is 5.32 Å². The van der Waals surface area contributed by atoms with Crippen molar-refractivity contribution in [3.63, 3.8) is 0 Å². The number of aromatic nitrogens is 2. The molecule has 1 heterocycles. The molecule has 1 aromatic carbocycles. The van der Waals surface area contributed by atoms with Crippen molar-refractivity contribution >= 4 is 5.82 Å². The Labute approximate surface area is 108 Å². The van der Waals surface area contributed by atoms with Gasteiger partial charge in [-0.25, -0.2) is 4.98 Å². The van der Waals surface area contributed by atoms with E-state index in [-0.39, 0.29) is 6.04 Å². The van der Waals surface area contributed by atoms with Crippen LogP contribution < -0.4 is 5.32 Å². The second-order valence-electron chi connectivity index (χ2n) is 4.65. The van der Waals surface area contributed by atoms with E-state index in [1.165, 1.54) is 11.1 Å². The topological polar surface area (TPSA) is 37.8 Å². The van der Waals surface area contributed by atoms with Crippen molar-refractivity contribution in [2.45, 2.75) is 33.7 Å². The molecule has 0 fully saturated rings. The van der Waals surface area contributed by atoms with Crippen LogP contribution in [0.5, 0.6) is 0 Å². The molecule has 2 rings (SSSR count). The maximum Gasteiger partial charge on any atom is 0.145 e. The second kappa shape index (κ2) is 5.17. The third-order valence-electron chi connectivity index (χ3n) is 3.21. The first-order chi connectivity index (χ1) is 8.58. The van der Waals surface area contributed by atoms with Crippen LogP contribution in [0.1, 0.15) is 35.5 Å². The Morgan fingerprint density at radius 2 is 1.78 bits per heavy atom.